The Morgan fingerprint density at radius 3 is 2.79 bits per heavy atom. The number of amides is 1. The molecular formula is C18H18F2N2O2. The quantitative estimate of drug-likeness (QED) is 0.940. The van der Waals surface area contributed by atoms with Crippen LogP contribution in [0.5, 0.6) is 5.75 Å². The number of hydrogen-bond donors (Lipinski definition) is 1. The second kappa shape index (κ2) is 6.97. The summed E-state index contributed by atoms with van der Waals surface area (Å²) in [7, 11) is 1.44. The highest BCUT2D eigenvalue weighted by Crippen LogP contribution is 2.26. The Kier molecular flexibility index (Phi) is 4.76. The fraction of sp³-hybridized carbons (Fsp3) is 0.278. The van der Waals surface area contributed by atoms with Crippen molar-refractivity contribution >= 4 is 5.91 Å². The number of nitrogens with one attached hydrogen (secondary N) is 1. The minimum Gasteiger partial charge on any atom is -0.497 e. The summed E-state index contributed by atoms with van der Waals surface area (Å²) in [6, 6.07) is 9.95. The minimum atomic E-state index is -0.629. The van der Waals surface area contributed by atoms with Crippen molar-refractivity contribution in [2.45, 2.75) is 6.04 Å². The van der Waals surface area contributed by atoms with Gasteiger partial charge < -0.3 is 15.0 Å². The lowest BCUT2D eigenvalue weighted by molar-refractivity contribution is 0.0629. The normalized spacial score (nSPS) is 17.6. The first-order valence-electron chi connectivity index (χ1n) is 7.71. The number of carbonyl (C=O) groups is 1. The summed E-state index contributed by atoms with van der Waals surface area (Å²) in [5.41, 5.74) is 0.670. The second-order valence-electron chi connectivity index (χ2n) is 5.62. The smallest absolute Gasteiger partial charge is 0.257 e. The van der Waals surface area contributed by atoms with E-state index in [9.17, 15) is 13.6 Å². The summed E-state index contributed by atoms with van der Waals surface area (Å²) < 4.78 is 32.7. The highest BCUT2D eigenvalue weighted by molar-refractivity contribution is 5.95. The number of piperazine rings is 1. The van der Waals surface area contributed by atoms with Gasteiger partial charge in [-0.05, 0) is 29.8 Å². The second-order valence-corrected chi connectivity index (χ2v) is 5.62. The molecule has 0 aliphatic carbocycles. The van der Waals surface area contributed by atoms with E-state index in [0.29, 0.717) is 30.9 Å². The van der Waals surface area contributed by atoms with E-state index in [-0.39, 0.29) is 17.4 Å². The summed E-state index contributed by atoms with van der Waals surface area (Å²) in [5.74, 6) is -1.05. The average Bonchev–Trinajstić information content (AvgIpc) is 2.61. The predicted octanol–water partition coefficient (Wildman–Crippen LogP) is 2.76. The zero-order valence-electron chi connectivity index (χ0n) is 13.3. The molecule has 3 rings (SSSR count). The van der Waals surface area contributed by atoms with Gasteiger partial charge in [0.2, 0.25) is 0 Å². The van der Waals surface area contributed by atoms with Crippen molar-refractivity contribution < 1.29 is 18.3 Å². The summed E-state index contributed by atoms with van der Waals surface area (Å²) in [4.78, 5) is 14.4. The zero-order valence-corrected chi connectivity index (χ0v) is 13.3. The lowest BCUT2D eigenvalue weighted by Gasteiger charge is -2.36. The van der Waals surface area contributed by atoms with Gasteiger partial charge in [0.1, 0.15) is 17.4 Å². The molecule has 1 aliphatic heterocycles. The fourth-order valence-corrected chi connectivity index (χ4v) is 2.91. The third kappa shape index (κ3) is 3.23. The molecule has 126 valence electrons. The van der Waals surface area contributed by atoms with Gasteiger partial charge in [0.15, 0.2) is 0 Å². The number of rotatable bonds is 3. The van der Waals surface area contributed by atoms with Gasteiger partial charge in [-0.3, -0.25) is 4.79 Å². The van der Waals surface area contributed by atoms with Crippen LogP contribution >= 0.6 is 0 Å². The number of methoxy groups -OCH3 is 1. The molecule has 24 heavy (non-hydrogen) atoms. The lowest BCUT2D eigenvalue weighted by atomic mass is 10.0. The Hall–Kier alpha value is -2.47. The first-order chi connectivity index (χ1) is 11.6. The minimum absolute atomic E-state index is 0.0147. The SMILES string of the molecule is COc1ccc(C(=O)N2CCNCC2c2cccc(F)c2)c(F)c1. The van der Waals surface area contributed by atoms with E-state index < -0.39 is 11.7 Å². The van der Waals surface area contributed by atoms with Gasteiger partial charge in [-0.15, -0.1) is 0 Å². The molecule has 0 radical (unpaired) electrons. The molecule has 0 spiro atoms. The van der Waals surface area contributed by atoms with E-state index >= 15 is 0 Å². The van der Waals surface area contributed by atoms with Crippen LogP contribution in [0.25, 0.3) is 0 Å². The number of ether oxygens (including phenoxy) is 1. The Balaban J connectivity index is 1.91. The van der Waals surface area contributed by atoms with Crippen molar-refractivity contribution in [2.75, 3.05) is 26.7 Å². The molecule has 0 saturated carbocycles. The monoisotopic (exact) mass is 332 g/mol. The molecule has 4 nitrogen and oxygen atoms in total. The molecule has 0 aromatic heterocycles. The van der Waals surface area contributed by atoms with Crippen LogP contribution in [-0.2, 0) is 0 Å². The summed E-state index contributed by atoms with van der Waals surface area (Å²) in [6.07, 6.45) is 0. The van der Waals surface area contributed by atoms with Gasteiger partial charge >= 0.3 is 0 Å². The standard InChI is InChI=1S/C18H18F2N2O2/c1-24-14-5-6-15(16(20)10-14)18(23)22-8-7-21-11-17(22)12-3-2-4-13(19)9-12/h2-6,9-10,17,21H,7-8,11H2,1H3. The largest absolute Gasteiger partial charge is 0.497 e. The topological polar surface area (TPSA) is 41.6 Å². The van der Waals surface area contributed by atoms with Crippen molar-refractivity contribution in [3.63, 3.8) is 0 Å². The van der Waals surface area contributed by atoms with Crippen LogP contribution in [0.4, 0.5) is 8.78 Å². The zero-order chi connectivity index (χ0) is 17.1. The summed E-state index contributed by atoms with van der Waals surface area (Å²) >= 11 is 0. The summed E-state index contributed by atoms with van der Waals surface area (Å²) in [6.45, 7) is 1.52. The maximum atomic E-state index is 14.2. The van der Waals surface area contributed by atoms with Gasteiger partial charge in [0, 0.05) is 25.7 Å². The molecule has 1 aliphatic rings. The highest BCUT2D eigenvalue weighted by Gasteiger charge is 2.30. The first-order valence-corrected chi connectivity index (χ1v) is 7.71. The van der Waals surface area contributed by atoms with Crippen LogP contribution in [0.1, 0.15) is 22.0 Å². The maximum absolute atomic E-state index is 14.2. The van der Waals surface area contributed by atoms with Crippen molar-refractivity contribution in [2.24, 2.45) is 0 Å². The molecule has 1 amide bonds. The third-order valence-corrected chi connectivity index (χ3v) is 4.14. The van der Waals surface area contributed by atoms with Crippen LogP contribution in [0.15, 0.2) is 42.5 Å². The van der Waals surface area contributed by atoms with Gasteiger partial charge in [0.25, 0.3) is 5.91 Å². The molecule has 1 N–H and O–H groups in total. The van der Waals surface area contributed by atoms with Gasteiger partial charge in [0.05, 0.1) is 18.7 Å². The number of carbonyl (C=O) groups excluding carboxylic acids is 1. The van der Waals surface area contributed by atoms with Gasteiger partial charge in [-0.1, -0.05) is 12.1 Å². The molecule has 1 unspecified atom stereocenters. The van der Waals surface area contributed by atoms with E-state index in [1.807, 2.05) is 0 Å². The Morgan fingerprint density at radius 2 is 2.08 bits per heavy atom. The molecule has 0 bridgehead atoms. The first kappa shape index (κ1) is 16.4. The van der Waals surface area contributed by atoms with Gasteiger partial charge in [-0.25, -0.2) is 8.78 Å². The van der Waals surface area contributed by atoms with E-state index in [1.54, 1.807) is 23.1 Å². The molecule has 1 saturated heterocycles. The molecule has 2 aromatic carbocycles. The molecule has 6 heteroatoms. The van der Waals surface area contributed by atoms with E-state index in [1.165, 1.54) is 31.4 Å². The highest BCUT2D eigenvalue weighted by atomic mass is 19.1. The molecule has 1 fully saturated rings. The van der Waals surface area contributed by atoms with Crippen LogP contribution < -0.4 is 10.1 Å². The Morgan fingerprint density at radius 1 is 1.25 bits per heavy atom. The van der Waals surface area contributed by atoms with Crippen molar-refractivity contribution in [1.29, 1.82) is 0 Å². The van der Waals surface area contributed by atoms with Crippen molar-refractivity contribution in [3.8, 4) is 5.75 Å². The van der Waals surface area contributed by atoms with Crippen LogP contribution in [-0.4, -0.2) is 37.6 Å². The molecule has 1 atom stereocenters. The van der Waals surface area contributed by atoms with Crippen LogP contribution in [0, 0.1) is 11.6 Å². The van der Waals surface area contributed by atoms with Crippen LogP contribution in [0.2, 0.25) is 0 Å². The third-order valence-electron chi connectivity index (χ3n) is 4.14. The number of hydrogen-bond acceptors (Lipinski definition) is 3. The maximum Gasteiger partial charge on any atom is 0.257 e. The van der Waals surface area contributed by atoms with Crippen LogP contribution in [0.3, 0.4) is 0 Å². The fourth-order valence-electron chi connectivity index (χ4n) is 2.91. The Bertz CT molecular complexity index is 752. The molecular weight excluding hydrogens is 314 g/mol. The number of nitrogens with zero attached hydrogens (tertiary/aromatic N) is 1. The van der Waals surface area contributed by atoms with E-state index in [2.05, 4.69) is 5.32 Å². The average molecular weight is 332 g/mol. The molecule has 2 aromatic rings. The number of benzene rings is 2. The van der Waals surface area contributed by atoms with Gasteiger partial charge in [-0.2, -0.15) is 0 Å². The van der Waals surface area contributed by atoms with Crippen molar-refractivity contribution in [1.82, 2.24) is 10.2 Å². The number of halogens is 2. The Labute approximate surface area is 139 Å². The van der Waals surface area contributed by atoms with E-state index in [4.69, 9.17) is 4.74 Å². The predicted molar refractivity (Wildman–Crippen MR) is 86.0 cm³/mol. The van der Waals surface area contributed by atoms with E-state index in [0.717, 1.165) is 0 Å². The van der Waals surface area contributed by atoms with Crippen molar-refractivity contribution in [3.05, 3.63) is 65.2 Å². The molecule has 1 heterocycles. The lowest BCUT2D eigenvalue weighted by Crippen LogP contribution is -2.48. The summed E-state index contributed by atoms with van der Waals surface area (Å²) in [5, 5.41) is 3.19.